The molecule has 1 heterocycles. The quantitative estimate of drug-likeness (QED) is 0.585. The molecule has 0 unspecified atom stereocenters. The minimum atomic E-state index is -1.30. The molecule has 1 aromatic carbocycles. The molecule has 0 aliphatic carbocycles. The third-order valence-corrected chi connectivity index (χ3v) is 3.14. The van der Waals surface area contributed by atoms with E-state index in [-0.39, 0.29) is 23.3 Å². The molecule has 0 fully saturated rings. The predicted octanol–water partition coefficient (Wildman–Crippen LogP) is 0.0657. The first-order chi connectivity index (χ1) is 11.4. The monoisotopic (exact) mass is 336 g/mol. The maximum atomic E-state index is 12.5. The Kier molecular flexibility index (Phi) is 4.93. The Labute approximate surface area is 135 Å². The predicted molar refractivity (Wildman–Crippen MR) is 83.2 cm³/mol. The number of phenols is 1. The third kappa shape index (κ3) is 3.24. The second-order valence-corrected chi connectivity index (χ2v) is 4.93. The van der Waals surface area contributed by atoms with E-state index in [1.807, 2.05) is 12.2 Å². The molecule has 4 N–H and O–H groups in total. The van der Waals surface area contributed by atoms with Crippen molar-refractivity contribution in [3.05, 3.63) is 34.1 Å². The first-order valence-electron chi connectivity index (χ1n) is 7.10. The molecule has 2 aromatic rings. The summed E-state index contributed by atoms with van der Waals surface area (Å²) in [5.74, 6) is -3.21. The van der Waals surface area contributed by atoms with Crippen molar-refractivity contribution in [2.75, 3.05) is 13.2 Å². The highest BCUT2D eigenvalue weighted by molar-refractivity contribution is 6.03. The van der Waals surface area contributed by atoms with E-state index >= 15 is 0 Å². The van der Waals surface area contributed by atoms with E-state index in [1.54, 1.807) is 0 Å². The zero-order valence-corrected chi connectivity index (χ0v) is 12.8. The third-order valence-electron chi connectivity index (χ3n) is 3.14. The van der Waals surface area contributed by atoms with Gasteiger partial charge in [-0.2, -0.15) is 0 Å². The molecule has 0 saturated carbocycles. The lowest BCUT2D eigenvalue weighted by molar-refractivity contribution is -0.135. The number of aliphatic carboxylic acids is 1. The Bertz CT molecular complexity index is 857. The van der Waals surface area contributed by atoms with Gasteiger partial charge in [-0.25, -0.2) is 0 Å². The number of rotatable bonds is 6. The van der Waals surface area contributed by atoms with Gasteiger partial charge in [0, 0.05) is 5.39 Å². The summed E-state index contributed by atoms with van der Waals surface area (Å²) in [5, 5.41) is 30.5. The molecule has 0 aliphatic rings. The summed E-state index contributed by atoms with van der Waals surface area (Å²) in [7, 11) is 0. The lowest BCUT2D eigenvalue weighted by Gasteiger charge is -2.15. The molecule has 1 amide bonds. The van der Waals surface area contributed by atoms with Gasteiger partial charge in [-0.3, -0.25) is 14.4 Å². The maximum Gasteiger partial charge on any atom is 0.322 e. The second kappa shape index (κ2) is 6.90. The number of carboxylic acid groups (broad SMARTS) is 1. The van der Waals surface area contributed by atoms with Crippen LogP contribution in [0, 0.1) is 0 Å². The summed E-state index contributed by atoms with van der Waals surface area (Å²) in [5.41, 5.74) is -1.42. The minimum Gasteiger partial charge on any atom is -0.508 e. The number of hydrogen-bond donors (Lipinski definition) is 4. The fourth-order valence-electron chi connectivity index (χ4n) is 2.10. The molecule has 0 spiro atoms. The van der Waals surface area contributed by atoms with E-state index in [2.05, 4.69) is 0 Å². The largest absolute Gasteiger partial charge is 0.508 e. The Morgan fingerprint density at radius 1 is 1.29 bits per heavy atom. The van der Waals surface area contributed by atoms with Crippen LogP contribution in [0.25, 0.3) is 10.9 Å². The fraction of sp³-hybridized carbons (Fsp3) is 0.267. The van der Waals surface area contributed by atoms with Crippen LogP contribution in [0.2, 0.25) is 0 Å². The van der Waals surface area contributed by atoms with E-state index in [4.69, 9.17) is 9.94 Å². The molecule has 0 radical (unpaired) electrons. The van der Waals surface area contributed by atoms with Crippen molar-refractivity contribution in [2.24, 2.45) is 0 Å². The number of amides is 1. The van der Waals surface area contributed by atoms with Crippen molar-refractivity contribution < 1.29 is 29.7 Å². The normalized spacial score (nSPS) is 10.5. The number of hydrogen-bond acceptors (Lipinski definition) is 6. The summed E-state index contributed by atoms with van der Waals surface area (Å²) in [6.45, 7) is 1.28. The zero-order chi connectivity index (χ0) is 17.9. The van der Waals surface area contributed by atoms with E-state index in [1.165, 1.54) is 18.2 Å². The molecule has 9 heteroatoms. The van der Waals surface area contributed by atoms with Crippen molar-refractivity contribution in [2.45, 2.75) is 13.3 Å². The summed E-state index contributed by atoms with van der Waals surface area (Å²) in [4.78, 5) is 40.4. The smallest absolute Gasteiger partial charge is 0.322 e. The van der Waals surface area contributed by atoms with Gasteiger partial charge >= 0.3 is 5.97 Å². The SMILES string of the molecule is CCCOn1c(=O)c(C(=O)NCC(=O)O)c(O)c2cc(O)ccc21. The van der Waals surface area contributed by atoms with Gasteiger partial charge in [-0.05, 0) is 24.6 Å². The van der Waals surface area contributed by atoms with E-state index in [0.29, 0.717) is 6.42 Å². The first kappa shape index (κ1) is 17.1. The number of aromatic nitrogens is 1. The number of phenolic OH excluding ortho intramolecular Hbond substituents is 1. The number of fused-ring (bicyclic) bond motifs is 1. The lowest BCUT2D eigenvalue weighted by atomic mass is 10.1. The van der Waals surface area contributed by atoms with Crippen LogP contribution in [0.15, 0.2) is 23.0 Å². The molecule has 0 saturated heterocycles. The summed E-state index contributed by atoms with van der Waals surface area (Å²) in [6.07, 6.45) is 0.591. The fourth-order valence-corrected chi connectivity index (χ4v) is 2.10. The van der Waals surface area contributed by atoms with Crippen molar-refractivity contribution in [1.29, 1.82) is 0 Å². The Morgan fingerprint density at radius 2 is 2.00 bits per heavy atom. The number of benzene rings is 1. The van der Waals surface area contributed by atoms with Gasteiger partial charge in [0.1, 0.15) is 24.7 Å². The van der Waals surface area contributed by atoms with Gasteiger partial charge in [0.05, 0.1) is 5.52 Å². The molecule has 1 aromatic heterocycles. The number of nitrogens with zero attached hydrogens (tertiary/aromatic N) is 1. The van der Waals surface area contributed by atoms with Crippen LogP contribution < -0.4 is 15.7 Å². The molecule has 2 rings (SSSR count). The van der Waals surface area contributed by atoms with Crippen LogP contribution in [-0.4, -0.2) is 45.1 Å². The molecule has 0 aliphatic heterocycles. The Morgan fingerprint density at radius 3 is 2.62 bits per heavy atom. The van der Waals surface area contributed by atoms with E-state index in [0.717, 1.165) is 4.73 Å². The topological polar surface area (TPSA) is 138 Å². The van der Waals surface area contributed by atoms with Gasteiger partial charge < -0.3 is 25.5 Å². The van der Waals surface area contributed by atoms with Gasteiger partial charge in [-0.15, -0.1) is 4.73 Å². The van der Waals surface area contributed by atoms with Crippen LogP contribution in [0.5, 0.6) is 11.5 Å². The molecule has 0 bridgehead atoms. The number of carbonyl (C=O) groups excluding carboxylic acids is 1. The van der Waals surface area contributed by atoms with Crippen LogP contribution in [0.3, 0.4) is 0 Å². The van der Waals surface area contributed by atoms with Crippen molar-refractivity contribution in [3.63, 3.8) is 0 Å². The Balaban J connectivity index is 2.67. The van der Waals surface area contributed by atoms with Gasteiger partial charge in [0.25, 0.3) is 11.5 Å². The summed E-state index contributed by atoms with van der Waals surface area (Å²) < 4.78 is 0.841. The van der Waals surface area contributed by atoms with Crippen molar-refractivity contribution in [1.82, 2.24) is 10.0 Å². The second-order valence-electron chi connectivity index (χ2n) is 4.93. The van der Waals surface area contributed by atoms with Crippen LogP contribution >= 0.6 is 0 Å². The average Bonchev–Trinajstić information content (AvgIpc) is 2.53. The highest BCUT2D eigenvalue weighted by atomic mass is 16.7. The van der Waals surface area contributed by atoms with Crippen LogP contribution in [0.4, 0.5) is 0 Å². The molecule has 24 heavy (non-hydrogen) atoms. The van der Waals surface area contributed by atoms with E-state index in [9.17, 15) is 24.6 Å². The molecule has 0 atom stereocenters. The molecular weight excluding hydrogens is 320 g/mol. The van der Waals surface area contributed by atoms with Gasteiger partial charge in [0.2, 0.25) is 0 Å². The average molecular weight is 336 g/mol. The maximum absolute atomic E-state index is 12.5. The number of pyridine rings is 1. The highest BCUT2D eigenvalue weighted by Crippen LogP contribution is 2.29. The number of carbonyl (C=O) groups is 2. The summed E-state index contributed by atoms with van der Waals surface area (Å²) >= 11 is 0. The van der Waals surface area contributed by atoms with Crippen LogP contribution in [-0.2, 0) is 4.79 Å². The molecule has 128 valence electrons. The van der Waals surface area contributed by atoms with Crippen molar-refractivity contribution in [3.8, 4) is 11.5 Å². The van der Waals surface area contributed by atoms with Gasteiger partial charge in [0.15, 0.2) is 5.56 Å². The Hall–Kier alpha value is -3.23. The number of aromatic hydroxyl groups is 2. The summed E-state index contributed by atoms with van der Waals surface area (Å²) in [6, 6.07) is 3.83. The lowest BCUT2D eigenvalue weighted by Crippen LogP contribution is -2.37. The van der Waals surface area contributed by atoms with Crippen LogP contribution in [0.1, 0.15) is 23.7 Å². The first-order valence-corrected chi connectivity index (χ1v) is 7.10. The molecule has 9 nitrogen and oxygen atoms in total. The minimum absolute atomic E-state index is 0.0196. The highest BCUT2D eigenvalue weighted by Gasteiger charge is 2.23. The number of carboxylic acids is 1. The standard InChI is InChI=1S/C15H16N2O7/c1-2-5-24-17-10-4-3-8(18)6-9(10)13(21)12(15(17)23)14(22)16-7-11(19)20/h3-4,6,18,21H,2,5,7H2,1H3,(H,16,22)(H,19,20). The molecular formula is C15H16N2O7. The van der Waals surface area contributed by atoms with Gasteiger partial charge in [-0.1, -0.05) is 6.92 Å². The number of nitrogens with one attached hydrogen (secondary N) is 1. The zero-order valence-electron chi connectivity index (χ0n) is 12.8. The van der Waals surface area contributed by atoms with E-state index < -0.39 is 35.3 Å². The van der Waals surface area contributed by atoms with Crippen molar-refractivity contribution >= 4 is 22.8 Å².